The van der Waals surface area contributed by atoms with Gasteiger partial charge in [0.1, 0.15) is 0 Å². The quantitative estimate of drug-likeness (QED) is 0.367. The van der Waals surface area contributed by atoms with Crippen LogP contribution in [0, 0.1) is 11.3 Å². The molecule has 0 heterocycles. The predicted octanol–water partition coefficient (Wildman–Crippen LogP) is 6.29. The summed E-state index contributed by atoms with van der Waals surface area (Å²) in [4.78, 5) is 0. The van der Waals surface area contributed by atoms with Gasteiger partial charge in [-0.3, -0.25) is 0 Å². The molecule has 4 rings (SSSR count). The highest BCUT2D eigenvalue weighted by molar-refractivity contribution is 9.10. The molecular weight excluding hydrogens is 346 g/mol. The average Bonchev–Trinajstić information content (AvgIpc) is 2.63. The molecule has 4 aromatic carbocycles. The van der Waals surface area contributed by atoms with Crippen LogP contribution in [0.15, 0.2) is 77.3 Å². The Morgan fingerprint density at radius 3 is 1.61 bits per heavy atom. The second kappa shape index (κ2) is 5.53. The molecule has 0 bridgehead atoms. The summed E-state index contributed by atoms with van der Waals surface area (Å²) in [6, 6.07) is 26.8. The van der Waals surface area contributed by atoms with Crippen molar-refractivity contribution in [1.82, 2.24) is 0 Å². The molecule has 4 aromatic rings. The summed E-state index contributed by atoms with van der Waals surface area (Å²) >= 11 is 3.77. The molecule has 0 aliphatic heterocycles. The number of nitrogens with zero attached hydrogens (tertiary/aromatic N) is 1. The fourth-order valence-corrected chi connectivity index (χ4v) is 3.79. The molecule has 23 heavy (non-hydrogen) atoms. The van der Waals surface area contributed by atoms with Gasteiger partial charge < -0.3 is 0 Å². The Bertz CT molecular complexity index is 1020. The second-order valence-electron chi connectivity index (χ2n) is 5.47. The maximum Gasteiger partial charge on any atom is 0.0991 e. The summed E-state index contributed by atoms with van der Waals surface area (Å²) in [6.45, 7) is 0. The molecule has 0 spiro atoms. The molecule has 0 atom stereocenters. The molecule has 0 aromatic heterocycles. The zero-order valence-electron chi connectivity index (χ0n) is 12.3. The van der Waals surface area contributed by atoms with Crippen LogP contribution in [-0.4, -0.2) is 0 Å². The summed E-state index contributed by atoms with van der Waals surface area (Å²) in [7, 11) is 0. The lowest BCUT2D eigenvalue weighted by molar-refractivity contribution is 1.49. The van der Waals surface area contributed by atoms with Gasteiger partial charge in [0.05, 0.1) is 11.6 Å². The van der Waals surface area contributed by atoms with Crippen LogP contribution in [0.3, 0.4) is 0 Å². The van der Waals surface area contributed by atoms with Crippen molar-refractivity contribution in [3.05, 3.63) is 82.8 Å². The molecule has 0 aliphatic carbocycles. The normalized spacial score (nSPS) is 10.8. The molecule has 1 nitrogen and oxygen atoms in total. The predicted molar refractivity (Wildman–Crippen MR) is 99.3 cm³/mol. The average molecular weight is 358 g/mol. The number of nitriles is 1. The molecule has 2 heteroatoms. The van der Waals surface area contributed by atoms with Crippen LogP contribution in [0.25, 0.3) is 32.7 Å². The molecule has 0 amide bonds. The standard InChI is InChI=1S/C21H12BrN/c22-21-18-7-3-1-5-16(18)20(17-6-2-4-8-19(17)21)15-11-9-14(13-23)10-12-15/h1-12H. The van der Waals surface area contributed by atoms with Crippen LogP contribution < -0.4 is 0 Å². The molecular formula is C21H12BrN. The molecule has 108 valence electrons. The Morgan fingerprint density at radius 2 is 1.13 bits per heavy atom. The number of rotatable bonds is 1. The SMILES string of the molecule is N#Cc1ccc(-c2c3ccccc3c(Br)c3ccccc23)cc1. The maximum atomic E-state index is 9.02. The van der Waals surface area contributed by atoms with E-state index in [-0.39, 0.29) is 0 Å². The van der Waals surface area contributed by atoms with Gasteiger partial charge in [-0.25, -0.2) is 0 Å². The first kappa shape index (κ1) is 14.0. The first-order valence-electron chi connectivity index (χ1n) is 7.39. The Hall–Kier alpha value is -2.63. The van der Waals surface area contributed by atoms with Crippen LogP contribution in [0.1, 0.15) is 5.56 Å². The lowest BCUT2D eigenvalue weighted by Gasteiger charge is -2.14. The summed E-state index contributed by atoms with van der Waals surface area (Å²) in [6.07, 6.45) is 0. The van der Waals surface area contributed by atoms with E-state index in [1.165, 1.54) is 27.1 Å². The lowest BCUT2D eigenvalue weighted by Crippen LogP contribution is -1.87. The Labute approximate surface area is 142 Å². The van der Waals surface area contributed by atoms with Crippen LogP contribution in [0.5, 0.6) is 0 Å². The van der Waals surface area contributed by atoms with Crippen molar-refractivity contribution in [2.45, 2.75) is 0 Å². The third kappa shape index (κ3) is 2.21. The third-order valence-electron chi connectivity index (χ3n) is 4.17. The van der Waals surface area contributed by atoms with Crippen LogP contribution in [-0.2, 0) is 0 Å². The highest BCUT2D eigenvalue weighted by Gasteiger charge is 2.13. The molecule has 0 unspecified atom stereocenters. The molecule has 0 radical (unpaired) electrons. The van der Waals surface area contributed by atoms with Gasteiger partial charge in [-0.15, -0.1) is 0 Å². The minimum Gasteiger partial charge on any atom is -0.192 e. The van der Waals surface area contributed by atoms with Gasteiger partial charge in [-0.2, -0.15) is 5.26 Å². The van der Waals surface area contributed by atoms with Gasteiger partial charge >= 0.3 is 0 Å². The lowest BCUT2D eigenvalue weighted by atomic mass is 9.92. The second-order valence-corrected chi connectivity index (χ2v) is 6.26. The summed E-state index contributed by atoms with van der Waals surface area (Å²) in [5.41, 5.74) is 3.02. The molecule has 0 saturated carbocycles. The van der Waals surface area contributed by atoms with E-state index in [4.69, 9.17) is 5.26 Å². The monoisotopic (exact) mass is 357 g/mol. The molecule has 0 fully saturated rings. The van der Waals surface area contributed by atoms with Gasteiger partial charge in [0.25, 0.3) is 0 Å². The third-order valence-corrected chi connectivity index (χ3v) is 5.02. The smallest absolute Gasteiger partial charge is 0.0991 e. The van der Waals surface area contributed by atoms with Gasteiger partial charge in [-0.1, -0.05) is 60.7 Å². The number of halogens is 1. The van der Waals surface area contributed by atoms with E-state index >= 15 is 0 Å². The molecule has 0 saturated heterocycles. The molecule has 0 N–H and O–H groups in total. The van der Waals surface area contributed by atoms with Crippen molar-refractivity contribution in [1.29, 1.82) is 5.26 Å². The summed E-state index contributed by atoms with van der Waals surface area (Å²) in [5, 5.41) is 13.8. The van der Waals surface area contributed by atoms with E-state index in [9.17, 15) is 0 Å². The highest BCUT2D eigenvalue weighted by atomic mass is 79.9. The Morgan fingerprint density at radius 1 is 0.652 bits per heavy atom. The fraction of sp³-hybridized carbons (Fsp3) is 0. The zero-order chi connectivity index (χ0) is 15.8. The first-order chi connectivity index (χ1) is 11.3. The first-order valence-corrected chi connectivity index (χ1v) is 8.18. The van der Waals surface area contributed by atoms with Crippen molar-refractivity contribution in [2.24, 2.45) is 0 Å². The van der Waals surface area contributed by atoms with E-state index < -0.39 is 0 Å². The number of benzene rings is 4. The van der Waals surface area contributed by atoms with Crippen LogP contribution in [0.4, 0.5) is 0 Å². The number of fused-ring (bicyclic) bond motifs is 2. The van der Waals surface area contributed by atoms with Gasteiger partial charge in [0.2, 0.25) is 0 Å². The zero-order valence-corrected chi connectivity index (χ0v) is 13.8. The minimum absolute atomic E-state index is 0.680. The highest BCUT2D eigenvalue weighted by Crippen LogP contribution is 2.41. The molecule has 0 aliphatic rings. The van der Waals surface area contributed by atoms with E-state index in [1.54, 1.807) is 0 Å². The number of hydrogen-bond acceptors (Lipinski definition) is 1. The van der Waals surface area contributed by atoms with E-state index in [0.717, 1.165) is 10.0 Å². The van der Waals surface area contributed by atoms with Crippen molar-refractivity contribution in [3.63, 3.8) is 0 Å². The topological polar surface area (TPSA) is 23.8 Å². The van der Waals surface area contributed by atoms with Crippen molar-refractivity contribution >= 4 is 37.5 Å². The van der Waals surface area contributed by atoms with Crippen molar-refractivity contribution < 1.29 is 0 Å². The van der Waals surface area contributed by atoms with Crippen molar-refractivity contribution in [2.75, 3.05) is 0 Å². The van der Waals surface area contributed by atoms with Crippen LogP contribution >= 0.6 is 15.9 Å². The van der Waals surface area contributed by atoms with E-state index in [0.29, 0.717) is 5.56 Å². The Kier molecular flexibility index (Phi) is 3.37. The van der Waals surface area contributed by atoms with Gasteiger partial charge in [0, 0.05) is 4.47 Å². The summed E-state index contributed by atoms with van der Waals surface area (Å²) < 4.78 is 1.13. The minimum atomic E-state index is 0.680. The summed E-state index contributed by atoms with van der Waals surface area (Å²) in [5.74, 6) is 0. The van der Waals surface area contributed by atoms with Gasteiger partial charge in [0.15, 0.2) is 0 Å². The van der Waals surface area contributed by atoms with Crippen LogP contribution in [0.2, 0.25) is 0 Å². The van der Waals surface area contributed by atoms with E-state index in [2.05, 4.69) is 70.5 Å². The number of hydrogen-bond donors (Lipinski definition) is 0. The largest absolute Gasteiger partial charge is 0.192 e. The van der Waals surface area contributed by atoms with Gasteiger partial charge in [-0.05, 0) is 60.7 Å². The Balaban J connectivity index is 2.18. The maximum absolute atomic E-state index is 9.02. The fourth-order valence-electron chi connectivity index (χ4n) is 3.10. The van der Waals surface area contributed by atoms with E-state index in [1.807, 2.05) is 24.3 Å². The van der Waals surface area contributed by atoms with Crippen molar-refractivity contribution in [3.8, 4) is 17.2 Å².